The van der Waals surface area contributed by atoms with Crippen LogP contribution in [0.25, 0.3) is 0 Å². The molecule has 120 valence electrons. The molecule has 0 saturated carbocycles. The fourth-order valence-corrected chi connectivity index (χ4v) is 2.08. The van der Waals surface area contributed by atoms with Gasteiger partial charge in [-0.05, 0) is 55.4 Å². The Balaban J connectivity index is 1.70. The quantitative estimate of drug-likeness (QED) is 0.513. The van der Waals surface area contributed by atoms with Crippen molar-refractivity contribution in [2.45, 2.75) is 19.8 Å². The van der Waals surface area contributed by atoms with Crippen molar-refractivity contribution in [2.24, 2.45) is 0 Å². The Bertz CT molecular complexity index is 669. The summed E-state index contributed by atoms with van der Waals surface area (Å²) in [5.74, 6) is 0.0542. The lowest BCUT2D eigenvalue weighted by Gasteiger charge is -2.11. The number of aromatic hydroxyl groups is 1. The number of hydrogen-bond acceptors (Lipinski definition) is 3. The van der Waals surface area contributed by atoms with Crippen LogP contribution in [-0.2, 0) is 11.2 Å². The van der Waals surface area contributed by atoms with Gasteiger partial charge in [0, 0.05) is 12.1 Å². The van der Waals surface area contributed by atoms with E-state index in [4.69, 9.17) is 12.2 Å². The summed E-state index contributed by atoms with van der Waals surface area (Å²) in [5, 5.41) is 12.5. The third-order valence-electron chi connectivity index (χ3n) is 3.20. The molecule has 0 bridgehead atoms. The molecule has 23 heavy (non-hydrogen) atoms. The molecule has 1 amide bonds. The maximum atomic E-state index is 11.8. The van der Waals surface area contributed by atoms with Crippen molar-refractivity contribution in [2.75, 3.05) is 5.32 Å². The number of amides is 1. The van der Waals surface area contributed by atoms with Gasteiger partial charge in [-0.2, -0.15) is 0 Å². The highest BCUT2D eigenvalue weighted by atomic mass is 32.1. The summed E-state index contributed by atoms with van der Waals surface area (Å²) in [4.78, 5) is 11.8. The number of carbonyl (C=O) groups is 1. The number of hydrazine groups is 1. The lowest BCUT2D eigenvalue weighted by molar-refractivity contribution is -0.121. The van der Waals surface area contributed by atoms with Crippen molar-refractivity contribution in [1.29, 1.82) is 0 Å². The van der Waals surface area contributed by atoms with Gasteiger partial charge in [0.25, 0.3) is 0 Å². The molecule has 0 aliphatic carbocycles. The summed E-state index contributed by atoms with van der Waals surface area (Å²) in [6.07, 6.45) is 0.914. The fourth-order valence-electron chi connectivity index (χ4n) is 1.91. The summed E-state index contributed by atoms with van der Waals surface area (Å²) in [7, 11) is 0. The number of anilines is 1. The van der Waals surface area contributed by atoms with Crippen LogP contribution < -0.4 is 16.2 Å². The van der Waals surface area contributed by atoms with Gasteiger partial charge in [-0.3, -0.25) is 15.6 Å². The summed E-state index contributed by atoms with van der Waals surface area (Å²) in [6.45, 7) is 2.01. The molecule has 0 aliphatic heterocycles. The Morgan fingerprint density at radius 2 is 1.70 bits per heavy atom. The molecule has 0 aliphatic rings. The molecule has 0 spiro atoms. The van der Waals surface area contributed by atoms with Crippen LogP contribution in [0.1, 0.15) is 17.5 Å². The van der Waals surface area contributed by atoms with Gasteiger partial charge in [0.15, 0.2) is 5.11 Å². The molecule has 0 atom stereocenters. The molecule has 2 aromatic carbocycles. The topological polar surface area (TPSA) is 73.4 Å². The Kier molecular flexibility index (Phi) is 5.94. The minimum absolute atomic E-state index is 0.161. The molecule has 0 radical (unpaired) electrons. The highest BCUT2D eigenvalue weighted by Crippen LogP contribution is 2.11. The van der Waals surface area contributed by atoms with Crippen LogP contribution in [-0.4, -0.2) is 16.1 Å². The second kappa shape index (κ2) is 8.14. The van der Waals surface area contributed by atoms with E-state index in [2.05, 4.69) is 16.2 Å². The lowest BCUT2D eigenvalue weighted by Crippen LogP contribution is -2.43. The summed E-state index contributed by atoms with van der Waals surface area (Å²) < 4.78 is 0. The second-order valence-corrected chi connectivity index (χ2v) is 5.57. The van der Waals surface area contributed by atoms with Gasteiger partial charge in [0.05, 0.1) is 0 Å². The van der Waals surface area contributed by atoms with Crippen LogP contribution in [0.3, 0.4) is 0 Å². The largest absolute Gasteiger partial charge is 0.508 e. The lowest BCUT2D eigenvalue weighted by atomic mass is 10.1. The van der Waals surface area contributed by atoms with Gasteiger partial charge in [-0.25, -0.2) is 0 Å². The van der Waals surface area contributed by atoms with Crippen molar-refractivity contribution in [3.05, 3.63) is 59.7 Å². The van der Waals surface area contributed by atoms with Crippen LogP contribution in [0.4, 0.5) is 5.69 Å². The first-order valence-corrected chi connectivity index (χ1v) is 7.64. The zero-order valence-electron chi connectivity index (χ0n) is 12.8. The summed E-state index contributed by atoms with van der Waals surface area (Å²) in [6, 6.07) is 14.6. The SMILES string of the molecule is Cc1ccc(NC(=S)NNC(=O)CCc2ccc(O)cc2)cc1. The molecule has 0 unspecified atom stereocenters. The van der Waals surface area contributed by atoms with E-state index in [1.165, 1.54) is 0 Å². The second-order valence-electron chi connectivity index (χ2n) is 5.16. The van der Waals surface area contributed by atoms with E-state index < -0.39 is 0 Å². The van der Waals surface area contributed by atoms with Crippen molar-refractivity contribution in [3.8, 4) is 5.75 Å². The third kappa shape index (κ3) is 5.96. The number of phenols is 1. The Hall–Kier alpha value is -2.60. The molecular weight excluding hydrogens is 310 g/mol. The van der Waals surface area contributed by atoms with Gasteiger partial charge in [-0.1, -0.05) is 29.8 Å². The van der Waals surface area contributed by atoms with E-state index in [1.807, 2.05) is 31.2 Å². The molecule has 5 nitrogen and oxygen atoms in total. The molecule has 0 saturated heterocycles. The summed E-state index contributed by atoms with van der Waals surface area (Å²) in [5.41, 5.74) is 8.23. The van der Waals surface area contributed by atoms with E-state index in [-0.39, 0.29) is 11.7 Å². The van der Waals surface area contributed by atoms with Crippen LogP contribution in [0.15, 0.2) is 48.5 Å². The summed E-state index contributed by atoms with van der Waals surface area (Å²) >= 11 is 5.11. The Labute approximate surface area is 140 Å². The van der Waals surface area contributed by atoms with E-state index in [0.29, 0.717) is 18.0 Å². The molecule has 6 heteroatoms. The van der Waals surface area contributed by atoms with E-state index in [1.54, 1.807) is 24.3 Å². The smallest absolute Gasteiger partial charge is 0.238 e. The van der Waals surface area contributed by atoms with Crippen molar-refractivity contribution in [3.63, 3.8) is 0 Å². The van der Waals surface area contributed by atoms with E-state index >= 15 is 0 Å². The van der Waals surface area contributed by atoms with Crippen molar-refractivity contribution >= 4 is 28.9 Å². The van der Waals surface area contributed by atoms with Crippen molar-refractivity contribution < 1.29 is 9.90 Å². The number of benzene rings is 2. The van der Waals surface area contributed by atoms with Gasteiger partial charge >= 0.3 is 0 Å². The molecule has 0 aromatic heterocycles. The van der Waals surface area contributed by atoms with Crippen LogP contribution >= 0.6 is 12.2 Å². The van der Waals surface area contributed by atoms with Crippen LogP contribution in [0.2, 0.25) is 0 Å². The highest BCUT2D eigenvalue weighted by Gasteiger charge is 2.03. The maximum Gasteiger partial charge on any atom is 0.238 e. The van der Waals surface area contributed by atoms with E-state index in [0.717, 1.165) is 16.8 Å². The standard InChI is InChI=1S/C17H19N3O2S/c1-12-2-7-14(8-3-12)18-17(23)20-19-16(22)11-6-13-4-9-15(21)10-5-13/h2-5,7-10,21H,6,11H2,1H3,(H,19,22)(H2,18,20,23). The highest BCUT2D eigenvalue weighted by molar-refractivity contribution is 7.80. The Morgan fingerprint density at radius 1 is 1.04 bits per heavy atom. The maximum absolute atomic E-state index is 11.8. The minimum atomic E-state index is -0.161. The monoisotopic (exact) mass is 329 g/mol. The fraction of sp³-hybridized carbons (Fsp3) is 0.176. The molecule has 0 fully saturated rings. The normalized spacial score (nSPS) is 9.96. The van der Waals surface area contributed by atoms with Crippen molar-refractivity contribution in [1.82, 2.24) is 10.9 Å². The number of phenolic OH excluding ortho intramolecular Hbond substituents is 1. The van der Waals surface area contributed by atoms with Gasteiger partial charge < -0.3 is 10.4 Å². The molecular formula is C17H19N3O2S. The number of rotatable bonds is 4. The number of carbonyl (C=O) groups excluding carboxylic acids is 1. The predicted molar refractivity (Wildman–Crippen MR) is 95.1 cm³/mol. The first kappa shape index (κ1) is 16.8. The number of nitrogens with one attached hydrogen (secondary N) is 3. The minimum Gasteiger partial charge on any atom is -0.508 e. The molecule has 4 N–H and O–H groups in total. The van der Waals surface area contributed by atoms with E-state index in [9.17, 15) is 9.90 Å². The number of aryl methyl sites for hydroxylation is 2. The first-order valence-electron chi connectivity index (χ1n) is 7.23. The number of hydrogen-bond donors (Lipinski definition) is 4. The van der Waals surface area contributed by atoms with Crippen LogP contribution in [0.5, 0.6) is 5.75 Å². The molecule has 2 rings (SSSR count). The average Bonchev–Trinajstić information content (AvgIpc) is 2.54. The molecule has 0 heterocycles. The first-order chi connectivity index (χ1) is 11.0. The van der Waals surface area contributed by atoms with Gasteiger partial charge in [0.2, 0.25) is 5.91 Å². The zero-order chi connectivity index (χ0) is 16.7. The zero-order valence-corrected chi connectivity index (χ0v) is 13.6. The Morgan fingerprint density at radius 3 is 2.35 bits per heavy atom. The van der Waals surface area contributed by atoms with Crippen LogP contribution in [0, 0.1) is 6.92 Å². The average molecular weight is 329 g/mol. The third-order valence-corrected chi connectivity index (χ3v) is 3.41. The van der Waals surface area contributed by atoms with Gasteiger partial charge in [0.1, 0.15) is 5.75 Å². The molecule has 2 aromatic rings. The number of thiocarbonyl (C=S) groups is 1. The van der Waals surface area contributed by atoms with Gasteiger partial charge in [-0.15, -0.1) is 0 Å². The predicted octanol–water partition coefficient (Wildman–Crippen LogP) is 2.65.